The van der Waals surface area contributed by atoms with Crippen LogP contribution in [-0.4, -0.2) is 90.6 Å². The number of carbonyl (C=O) groups excluding carboxylic acids is 3. The Morgan fingerprint density at radius 2 is 1.80 bits per heavy atom. The van der Waals surface area contributed by atoms with Crippen LogP contribution in [0.2, 0.25) is 0 Å². The average Bonchev–Trinajstić information content (AvgIpc) is 3.52. The highest BCUT2D eigenvalue weighted by atomic mass is 32.2. The summed E-state index contributed by atoms with van der Waals surface area (Å²) in [6.07, 6.45) is 4.28. The van der Waals surface area contributed by atoms with Crippen molar-refractivity contribution in [2.75, 3.05) is 11.5 Å². The molecule has 0 bridgehead atoms. The van der Waals surface area contributed by atoms with Gasteiger partial charge in [-0.05, 0) is 17.5 Å². The Balaban J connectivity index is 1.31. The number of imidazole rings is 1. The van der Waals surface area contributed by atoms with Crippen molar-refractivity contribution >= 4 is 51.5 Å². The maximum atomic E-state index is 13.5. The minimum atomic E-state index is -4.37. The number of carboxylic acid groups (broad SMARTS) is 2. The number of amides is 3. The van der Waals surface area contributed by atoms with E-state index in [0.29, 0.717) is 16.7 Å². The zero-order chi connectivity index (χ0) is 33.2. The zero-order valence-corrected chi connectivity index (χ0v) is 25.3. The predicted octanol–water partition coefficient (Wildman–Crippen LogP) is -0.607. The van der Waals surface area contributed by atoms with Gasteiger partial charge in [0.1, 0.15) is 23.2 Å². The van der Waals surface area contributed by atoms with Gasteiger partial charge in [0.25, 0.3) is 11.8 Å². The predicted molar refractivity (Wildman–Crippen MR) is 157 cm³/mol. The Morgan fingerprint density at radius 3 is 2.43 bits per heavy atom. The molecule has 240 valence electrons. The van der Waals surface area contributed by atoms with E-state index in [0.717, 1.165) is 11.2 Å². The fourth-order valence-electron chi connectivity index (χ4n) is 5.04. The first kappa shape index (κ1) is 32.3. The van der Waals surface area contributed by atoms with Gasteiger partial charge in [0, 0.05) is 29.2 Å². The number of pyridine rings is 1. The Kier molecular flexibility index (Phi) is 9.22. The molecule has 2 aromatic heterocycles. The minimum absolute atomic E-state index is 0.0316. The molecule has 2 aliphatic rings. The lowest BCUT2D eigenvalue weighted by Gasteiger charge is -2.49. The van der Waals surface area contributed by atoms with Crippen molar-refractivity contribution < 1.29 is 51.7 Å². The Hall–Kier alpha value is -5.07. The lowest BCUT2D eigenvalue weighted by Crippen LogP contribution is -2.71. The van der Waals surface area contributed by atoms with Gasteiger partial charge in [-0.25, -0.2) is 27.6 Å². The molecule has 1 saturated heterocycles. The van der Waals surface area contributed by atoms with E-state index in [1.807, 2.05) is 0 Å². The van der Waals surface area contributed by atoms with Crippen LogP contribution in [0.4, 0.5) is 0 Å². The standard InChI is InChI=1S/C28H26N6O10S2/c35-23(18(16-4-2-1-3-5-16)31-24(36)19-20(27(38)39)30-14-29-19)32-21-25(37)34-22(28(40)41)17(13-45-26(21)34)12-33-9-6-15(7-10-33)8-11-46(42,43)44/h1-7,9-10,14,18,21,26H,8,11-13H2,(H5-,29,30,31,32,35,36,38,39,40,41,42,43,44)/t18-,21+,26-/m1/s1. The highest BCUT2D eigenvalue weighted by Gasteiger charge is 2.55. The fourth-order valence-corrected chi connectivity index (χ4v) is 6.86. The van der Waals surface area contributed by atoms with Crippen LogP contribution in [0.1, 0.15) is 38.1 Å². The first-order chi connectivity index (χ1) is 21.8. The largest absolute Gasteiger partial charge is 0.748 e. The number of hydrogen-bond donors (Lipinski definition) is 5. The number of carboxylic acids is 2. The maximum absolute atomic E-state index is 13.5. The molecule has 5 N–H and O–H groups in total. The third-order valence-electron chi connectivity index (χ3n) is 7.26. The van der Waals surface area contributed by atoms with Crippen molar-refractivity contribution in [2.45, 2.75) is 30.4 Å². The third-order valence-corrected chi connectivity index (χ3v) is 9.30. The number of aliphatic carboxylic acids is 1. The van der Waals surface area contributed by atoms with Crippen molar-refractivity contribution in [3.63, 3.8) is 0 Å². The first-order valence-electron chi connectivity index (χ1n) is 13.6. The molecule has 2 aliphatic heterocycles. The molecule has 0 aliphatic carbocycles. The van der Waals surface area contributed by atoms with Gasteiger partial charge in [0.15, 0.2) is 30.3 Å². The van der Waals surface area contributed by atoms with Crippen LogP contribution in [0.5, 0.6) is 0 Å². The number of H-pyrrole nitrogens is 1. The van der Waals surface area contributed by atoms with Crippen LogP contribution in [0.15, 0.2) is 72.5 Å². The summed E-state index contributed by atoms with van der Waals surface area (Å²) in [5.41, 5.74) is 0.235. The van der Waals surface area contributed by atoms with Crippen LogP contribution in [-0.2, 0) is 37.5 Å². The van der Waals surface area contributed by atoms with Crippen LogP contribution in [0, 0.1) is 0 Å². The average molecular weight is 671 g/mol. The van der Waals surface area contributed by atoms with Gasteiger partial charge in [0.05, 0.1) is 16.4 Å². The van der Waals surface area contributed by atoms with E-state index in [1.54, 1.807) is 59.4 Å². The molecule has 1 aromatic carbocycles. The Bertz CT molecular complexity index is 1840. The van der Waals surface area contributed by atoms with E-state index >= 15 is 0 Å². The number of hydrogen-bond acceptors (Lipinski definition) is 10. The van der Waals surface area contributed by atoms with Crippen molar-refractivity contribution in [3.05, 3.63) is 95.0 Å². The second kappa shape index (κ2) is 13.1. The van der Waals surface area contributed by atoms with Crippen LogP contribution < -0.4 is 15.2 Å². The molecule has 0 radical (unpaired) electrons. The van der Waals surface area contributed by atoms with Crippen LogP contribution in [0.25, 0.3) is 0 Å². The number of aromatic carboxylic acids is 1. The molecular weight excluding hydrogens is 644 g/mol. The number of benzene rings is 1. The normalized spacial score (nSPS) is 18.3. The zero-order valence-electron chi connectivity index (χ0n) is 23.7. The number of carbonyl (C=O) groups is 5. The fraction of sp³-hybridized carbons (Fsp3) is 0.250. The number of fused-ring (bicyclic) bond motifs is 1. The number of nitrogens with one attached hydrogen (secondary N) is 3. The molecule has 3 aromatic rings. The number of nitrogens with zero attached hydrogens (tertiary/aromatic N) is 3. The van der Waals surface area contributed by atoms with Gasteiger partial charge in [-0.1, -0.05) is 30.3 Å². The molecule has 1 fully saturated rings. The SMILES string of the molecule is O=C(O)C1=C(C[n+]2ccc(CCS(=O)(=O)[O-])cc2)CS[C@@H]2[C@@H](NC(=O)[C@H](NC(=O)c3nc[nH]c3C(=O)O)c3ccccc3)C(=O)N12. The monoisotopic (exact) mass is 670 g/mol. The highest BCUT2D eigenvalue weighted by Crippen LogP contribution is 2.40. The smallest absolute Gasteiger partial charge is 0.354 e. The van der Waals surface area contributed by atoms with E-state index in [1.165, 1.54) is 11.8 Å². The van der Waals surface area contributed by atoms with E-state index in [2.05, 4.69) is 20.6 Å². The number of β-lactam (4-membered cyclic amide) rings is 1. The first-order valence-corrected chi connectivity index (χ1v) is 16.2. The quantitative estimate of drug-likeness (QED) is 0.0921. The summed E-state index contributed by atoms with van der Waals surface area (Å²) in [7, 11) is -4.37. The van der Waals surface area contributed by atoms with E-state index in [4.69, 9.17) is 0 Å². The molecule has 0 saturated carbocycles. The van der Waals surface area contributed by atoms with Crippen molar-refractivity contribution in [1.82, 2.24) is 25.5 Å². The van der Waals surface area contributed by atoms with E-state index < -0.39 is 74.4 Å². The van der Waals surface area contributed by atoms with Crippen LogP contribution >= 0.6 is 11.8 Å². The number of aromatic amines is 1. The molecule has 46 heavy (non-hydrogen) atoms. The molecule has 3 atom stereocenters. The maximum Gasteiger partial charge on any atom is 0.354 e. The summed E-state index contributed by atoms with van der Waals surface area (Å²) in [4.78, 5) is 70.7. The molecule has 0 unspecified atom stereocenters. The van der Waals surface area contributed by atoms with Crippen molar-refractivity contribution in [2.24, 2.45) is 0 Å². The molecule has 5 rings (SSSR count). The lowest BCUT2D eigenvalue weighted by molar-refractivity contribution is -0.689. The van der Waals surface area contributed by atoms with E-state index in [9.17, 15) is 47.2 Å². The Labute approximate surface area is 265 Å². The number of aryl methyl sites for hydroxylation is 1. The molecule has 18 heteroatoms. The molecular formula is C28H26N6O10S2. The molecule has 4 heterocycles. The topological polar surface area (TPSA) is 243 Å². The molecule has 0 spiro atoms. The summed E-state index contributed by atoms with van der Waals surface area (Å²) in [5, 5.41) is 23.7. The van der Waals surface area contributed by atoms with Gasteiger partial charge in [0.2, 0.25) is 5.91 Å². The van der Waals surface area contributed by atoms with Gasteiger partial charge in [-0.15, -0.1) is 11.8 Å². The summed E-state index contributed by atoms with van der Waals surface area (Å²) < 4.78 is 34.4. The summed E-state index contributed by atoms with van der Waals surface area (Å²) in [6.45, 7) is 0.107. The van der Waals surface area contributed by atoms with Gasteiger partial charge < -0.3 is 30.4 Å². The summed E-state index contributed by atoms with van der Waals surface area (Å²) >= 11 is 1.24. The van der Waals surface area contributed by atoms with Crippen molar-refractivity contribution in [1.29, 1.82) is 0 Å². The minimum Gasteiger partial charge on any atom is -0.748 e. The third kappa shape index (κ3) is 6.93. The Morgan fingerprint density at radius 1 is 1.11 bits per heavy atom. The number of rotatable bonds is 12. The van der Waals surface area contributed by atoms with Crippen LogP contribution in [0.3, 0.4) is 0 Å². The van der Waals surface area contributed by atoms with E-state index in [-0.39, 0.29) is 24.4 Å². The van der Waals surface area contributed by atoms with Gasteiger partial charge in [-0.3, -0.25) is 19.3 Å². The lowest BCUT2D eigenvalue weighted by atomic mass is 10.0. The second-order valence-corrected chi connectivity index (χ2v) is 12.9. The summed E-state index contributed by atoms with van der Waals surface area (Å²) in [6, 6.07) is 8.83. The van der Waals surface area contributed by atoms with Crippen molar-refractivity contribution in [3.8, 4) is 0 Å². The van der Waals surface area contributed by atoms with Gasteiger partial charge >= 0.3 is 11.9 Å². The summed E-state index contributed by atoms with van der Waals surface area (Å²) in [5.74, 6) is -5.50. The number of aromatic nitrogens is 3. The second-order valence-electron chi connectivity index (χ2n) is 10.3. The molecule has 16 nitrogen and oxygen atoms in total. The van der Waals surface area contributed by atoms with Gasteiger partial charge in [-0.2, -0.15) is 0 Å². The highest BCUT2D eigenvalue weighted by molar-refractivity contribution is 8.00. The number of thioether (sulfide) groups is 1. The molecule has 3 amide bonds.